The lowest BCUT2D eigenvalue weighted by molar-refractivity contribution is 0.0909. The summed E-state index contributed by atoms with van der Waals surface area (Å²) in [5, 5.41) is 9.42. The van der Waals surface area contributed by atoms with Gasteiger partial charge in [-0.3, -0.25) is 9.69 Å². The zero-order chi connectivity index (χ0) is 15.2. The predicted octanol–water partition coefficient (Wildman–Crippen LogP) is 2.77. The molecule has 1 aliphatic rings. The van der Waals surface area contributed by atoms with Gasteiger partial charge in [0.25, 0.3) is 0 Å². The van der Waals surface area contributed by atoms with Crippen LogP contribution >= 0.6 is 0 Å². The van der Waals surface area contributed by atoms with Gasteiger partial charge in [-0.1, -0.05) is 12.8 Å². The second-order valence-electron chi connectivity index (χ2n) is 5.55. The molecule has 2 rings (SSSR count). The molecular weight excluding hydrogens is 276 g/mol. The first-order valence-corrected chi connectivity index (χ1v) is 7.44. The molecule has 116 valence electrons. The molecule has 1 unspecified atom stereocenters. The molecule has 1 aromatic carbocycles. The summed E-state index contributed by atoms with van der Waals surface area (Å²) in [6.07, 6.45) is 4.42. The topological polar surface area (TPSA) is 40.5 Å². The summed E-state index contributed by atoms with van der Waals surface area (Å²) in [7, 11) is 0. The molecule has 1 fully saturated rings. The molecule has 0 amide bonds. The number of halogens is 2. The van der Waals surface area contributed by atoms with Crippen LogP contribution in [0.2, 0.25) is 0 Å². The number of aliphatic hydroxyl groups is 1. The Balaban J connectivity index is 1.95. The van der Waals surface area contributed by atoms with Crippen molar-refractivity contribution in [3.05, 3.63) is 35.4 Å². The lowest BCUT2D eigenvalue weighted by atomic mass is 10.1. The first-order chi connectivity index (χ1) is 10.1. The van der Waals surface area contributed by atoms with E-state index >= 15 is 0 Å². The van der Waals surface area contributed by atoms with E-state index in [-0.39, 0.29) is 30.4 Å². The van der Waals surface area contributed by atoms with Crippen molar-refractivity contribution in [1.82, 2.24) is 4.90 Å². The SMILES string of the molecule is O=C(CCN1CCCCCC1CO)c1cc(F)cc(F)c1. The van der Waals surface area contributed by atoms with Gasteiger partial charge in [-0.25, -0.2) is 8.78 Å². The average Bonchev–Trinajstić information content (AvgIpc) is 2.68. The Morgan fingerprint density at radius 1 is 1.19 bits per heavy atom. The lowest BCUT2D eigenvalue weighted by Gasteiger charge is -2.28. The van der Waals surface area contributed by atoms with Crippen molar-refractivity contribution in [2.24, 2.45) is 0 Å². The van der Waals surface area contributed by atoms with Crippen LogP contribution in [0.4, 0.5) is 8.78 Å². The highest BCUT2D eigenvalue weighted by Gasteiger charge is 2.21. The van der Waals surface area contributed by atoms with E-state index in [0.717, 1.165) is 50.4 Å². The molecule has 1 aliphatic heterocycles. The van der Waals surface area contributed by atoms with Gasteiger partial charge in [0.05, 0.1) is 6.61 Å². The fourth-order valence-electron chi connectivity index (χ4n) is 2.84. The Labute approximate surface area is 123 Å². The van der Waals surface area contributed by atoms with Crippen LogP contribution in [0.25, 0.3) is 0 Å². The highest BCUT2D eigenvalue weighted by atomic mass is 19.1. The fraction of sp³-hybridized carbons (Fsp3) is 0.562. The summed E-state index contributed by atoms with van der Waals surface area (Å²) in [5.41, 5.74) is 0.0721. The molecule has 0 aliphatic carbocycles. The molecule has 1 saturated heterocycles. The van der Waals surface area contributed by atoms with Gasteiger partial charge in [0.15, 0.2) is 5.78 Å². The molecule has 0 spiro atoms. The van der Waals surface area contributed by atoms with E-state index in [1.807, 2.05) is 0 Å². The highest BCUT2D eigenvalue weighted by molar-refractivity contribution is 5.96. The molecule has 21 heavy (non-hydrogen) atoms. The second-order valence-corrected chi connectivity index (χ2v) is 5.55. The Bertz CT molecular complexity index is 473. The van der Waals surface area contributed by atoms with Gasteiger partial charge in [0, 0.05) is 30.6 Å². The van der Waals surface area contributed by atoms with Gasteiger partial charge >= 0.3 is 0 Å². The van der Waals surface area contributed by atoms with Gasteiger partial charge in [0.2, 0.25) is 0 Å². The lowest BCUT2D eigenvalue weighted by Crippen LogP contribution is -2.38. The summed E-state index contributed by atoms with van der Waals surface area (Å²) >= 11 is 0. The number of hydrogen-bond donors (Lipinski definition) is 1. The molecule has 0 bridgehead atoms. The molecule has 1 aromatic rings. The summed E-state index contributed by atoms with van der Waals surface area (Å²) in [6, 6.07) is 2.98. The standard InChI is InChI=1S/C16H21F2NO2/c17-13-8-12(9-14(18)10-13)16(21)5-7-19-6-3-1-2-4-15(19)11-20/h8-10,15,20H,1-7,11H2. The van der Waals surface area contributed by atoms with E-state index in [0.29, 0.717) is 6.54 Å². The third kappa shape index (κ3) is 4.58. The minimum Gasteiger partial charge on any atom is -0.395 e. The minimum atomic E-state index is -0.735. The summed E-state index contributed by atoms with van der Waals surface area (Å²) in [5.74, 6) is -1.74. The normalized spacial score (nSPS) is 20.2. The van der Waals surface area contributed by atoms with Crippen molar-refractivity contribution in [3.8, 4) is 0 Å². The minimum absolute atomic E-state index is 0.0721. The van der Waals surface area contributed by atoms with Crippen molar-refractivity contribution in [1.29, 1.82) is 0 Å². The van der Waals surface area contributed by atoms with Gasteiger partial charge in [-0.15, -0.1) is 0 Å². The molecule has 1 heterocycles. The molecule has 5 heteroatoms. The first-order valence-electron chi connectivity index (χ1n) is 7.44. The number of likely N-dealkylation sites (tertiary alicyclic amines) is 1. The number of aliphatic hydroxyl groups excluding tert-OH is 1. The number of ketones is 1. The van der Waals surface area contributed by atoms with Crippen molar-refractivity contribution in [2.45, 2.75) is 38.1 Å². The molecule has 0 radical (unpaired) electrons. The summed E-state index contributed by atoms with van der Waals surface area (Å²) in [4.78, 5) is 14.2. The maximum absolute atomic E-state index is 13.1. The third-order valence-electron chi connectivity index (χ3n) is 4.02. The van der Waals surface area contributed by atoms with Crippen LogP contribution in [0.5, 0.6) is 0 Å². The van der Waals surface area contributed by atoms with Gasteiger partial charge in [-0.05, 0) is 31.5 Å². The van der Waals surface area contributed by atoms with Gasteiger partial charge < -0.3 is 5.11 Å². The van der Waals surface area contributed by atoms with Crippen molar-refractivity contribution in [3.63, 3.8) is 0 Å². The van der Waals surface area contributed by atoms with Crippen molar-refractivity contribution < 1.29 is 18.7 Å². The Hall–Kier alpha value is -1.33. The maximum atomic E-state index is 13.1. The molecule has 0 aromatic heterocycles. The van der Waals surface area contributed by atoms with Crippen molar-refractivity contribution in [2.75, 3.05) is 19.7 Å². The van der Waals surface area contributed by atoms with Crippen LogP contribution in [0.3, 0.4) is 0 Å². The maximum Gasteiger partial charge on any atom is 0.164 e. The van der Waals surface area contributed by atoms with Crippen LogP contribution in [-0.2, 0) is 0 Å². The van der Waals surface area contributed by atoms with E-state index in [4.69, 9.17) is 0 Å². The number of nitrogens with zero attached hydrogens (tertiary/aromatic N) is 1. The third-order valence-corrected chi connectivity index (χ3v) is 4.02. The van der Waals surface area contributed by atoms with Gasteiger partial charge in [-0.2, -0.15) is 0 Å². The average molecular weight is 297 g/mol. The van der Waals surface area contributed by atoms with E-state index < -0.39 is 11.6 Å². The van der Waals surface area contributed by atoms with Gasteiger partial charge in [0.1, 0.15) is 11.6 Å². The number of benzene rings is 1. The molecule has 1 atom stereocenters. The second kappa shape index (κ2) is 7.61. The quantitative estimate of drug-likeness (QED) is 0.850. The van der Waals surface area contributed by atoms with Crippen LogP contribution in [0, 0.1) is 11.6 Å². The van der Waals surface area contributed by atoms with E-state index in [9.17, 15) is 18.7 Å². The molecular formula is C16H21F2NO2. The van der Waals surface area contributed by atoms with E-state index in [1.54, 1.807) is 0 Å². The zero-order valence-electron chi connectivity index (χ0n) is 12.0. The van der Waals surface area contributed by atoms with E-state index in [2.05, 4.69) is 4.90 Å². The predicted molar refractivity (Wildman–Crippen MR) is 76.2 cm³/mol. The summed E-state index contributed by atoms with van der Waals surface area (Å²) in [6.45, 7) is 1.46. The molecule has 0 saturated carbocycles. The van der Waals surface area contributed by atoms with Crippen molar-refractivity contribution >= 4 is 5.78 Å². The number of hydrogen-bond acceptors (Lipinski definition) is 3. The number of carbonyl (C=O) groups is 1. The van der Waals surface area contributed by atoms with Crippen LogP contribution in [-0.4, -0.2) is 41.5 Å². The van der Waals surface area contributed by atoms with E-state index in [1.165, 1.54) is 0 Å². The largest absolute Gasteiger partial charge is 0.395 e. The monoisotopic (exact) mass is 297 g/mol. The number of Topliss-reactive ketones (excluding diaryl/α,β-unsaturated/α-hetero) is 1. The van der Waals surface area contributed by atoms with Crippen LogP contribution in [0.15, 0.2) is 18.2 Å². The van der Waals surface area contributed by atoms with Crippen LogP contribution in [0.1, 0.15) is 42.5 Å². The first kappa shape index (κ1) is 16.0. The Kier molecular flexibility index (Phi) is 5.82. The van der Waals surface area contributed by atoms with Crippen LogP contribution < -0.4 is 0 Å². The highest BCUT2D eigenvalue weighted by Crippen LogP contribution is 2.17. The molecule has 3 nitrogen and oxygen atoms in total. The number of carbonyl (C=O) groups excluding carboxylic acids is 1. The Morgan fingerprint density at radius 2 is 1.90 bits per heavy atom. The fourth-order valence-corrected chi connectivity index (χ4v) is 2.84. The number of rotatable bonds is 5. The zero-order valence-corrected chi connectivity index (χ0v) is 12.0. The molecule has 1 N–H and O–H groups in total. The summed E-state index contributed by atoms with van der Waals surface area (Å²) < 4.78 is 26.2. The smallest absolute Gasteiger partial charge is 0.164 e. The Morgan fingerprint density at radius 3 is 2.57 bits per heavy atom.